The van der Waals surface area contributed by atoms with Gasteiger partial charge in [-0.2, -0.15) is 5.26 Å². The number of halogens is 3. The molecule has 0 aromatic heterocycles. The first-order valence-corrected chi connectivity index (χ1v) is 11.6. The first-order chi connectivity index (χ1) is 15.8. The van der Waals surface area contributed by atoms with Gasteiger partial charge in [-0.3, -0.25) is 4.79 Å². The summed E-state index contributed by atoms with van der Waals surface area (Å²) in [6.07, 6.45) is 1.48. The maximum absolute atomic E-state index is 12.6. The molecule has 3 aromatic carbocycles. The van der Waals surface area contributed by atoms with E-state index in [1.165, 1.54) is 6.08 Å². The zero-order valence-electron chi connectivity index (χ0n) is 17.8. The van der Waals surface area contributed by atoms with Crippen LogP contribution >= 0.6 is 45.8 Å². The topological polar surface area (TPSA) is 71.3 Å². The number of carbonyl (C=O) groups is 1. The molecule has 0 fully saturated rings. The molecule has 0 heterocycles. The van der Waals surface area contributed by atoms with Crippen LogP contribution in [0.5, 0.6) is 11.5 Å². The molecule has 5 nitrogen and oxygen atoms in total. The summed E-state index contributed by atoms with van der Waals surface area (Å²) >= 11 is 14.3. The number of anilines is 1. The lowest BCUT2D eigenvalue weighted by Gasteiger charge is -2.15. The number of carbonyl (C=O) groups excluding carboxylic acids is 1. The Balaban J connectivity index is 1.85. The number of methoxy groups -OCH3 is 1. The van der Waals surface area contributed by atoms with Crippen molar-refractivity contribution >= 4 is 63.5 Å². The summed E-state index contributed by atoms with van der Waals surface area (Å²) in [4.78, 5) is 12.6. The third-order valence-corrected chi connectivity index (χ3v) is 6.38. The van der Waals surface area contributed by atoms with E-state index in [0.717, 1.165) is 14.7 Å². The Kier molecular flexibility index (Phi) is 8.61. The Morgan fingerprint density at radius 3 is 2.64 bits per heavy atom. The van der Waals surface area contributed by atoms with E-state index in [9.17, 15) is 10.1 Å². The summed E-state index contributed by atoms with van der Waals surface area (Å²) in [6, 6.07) is 18.3. The zero-order chi connectivity index (χ0) is 24.0. The van der Waals surface area contributed by atoms with Crippen LogP contribution in [0, 0.1) is 21.8 Å². The van der Waals surface area contributed by atoms with Crippen LogP contribution in [-0.4, -0.2) is 13.0 Å². The van der Waals surface area contributed by atoms with Crippen LogP contribution in [0.2, 0.25) is 10.0 Å². The fraction of sp³-hybridized carbons (Fsp3) is 0.120. The average molecular weight is 593 g/mol. The van der Waals surface area contributed by atoms with Gasteiger partial charge in [0.2, 0.25) is 0 Å². The molecule has 168 valence electrons. The summed E-state index contributed by atoms with van der Waals surface area (Å²) in [5, 5.41) is 12.7. The predicted octanol–water partition coefficient (Wildman–Crippen LogP) is 7.04. The van der Waals surface area contributed by atoms with Crippen molar-refractivity contribution in [3.05, 3.63) is 90.5 Å². The third-order valence-electron chi connectivity index (χ3n) is 4.76. The minimum atomic E-state index is -0.601. The molecule has 0 aliphatic rings. The first-order valence-electron chi connectivity index (χ1n) is 9.76. The highest BCUT2D eigenvalue weighted by molar-refractivity contribution is 14.1. The summed E-state index contributed by atoms with van der Waals surface area (Å²) in [5.41, 5.74) is 3.04. The first kappa shape index (κ1) is 24.9. The van der Waals surface area contributed by atoms with Crippen LogP contribution in [0.1, 0.15) is 16.7 Å². The molecule has 8 heteroatoms. The predicted molar refractivity (Wildman–Crippen MR) is 140 cm³/mol. The van der Waals surface area contributed by atoms with Crippen LogP contribution in [0.4, 0.5) is 5.69 Å². The Hall–Kier alpha value is -2.73. The molecule has 1 amide bonds. The Morgan fingerprint density at radius 1 is 1.18 bits per heavy atom. The van der Waals surface area contributed by atoms with Crippen molar-refractivity contribution in [3.8, 4) is 17.6 Å². The molecule has 0 bridgehead atoms. The van der Waals surface area contributed by atoms with Gasteiger partial charge in [0.1, 0.15) is 18.2 Å². The highest BCUT2D eigenvalue weighted by Crippen LogP contribution is 2.35. The van der Waals surface area contributed by atoms with E-state index in [1.807, 2.05) is 43.3 Å². The van der Waals surface area contributed by atoms with Gasteiger partial charge >= 0.3 is 0 Å². The number of aryl methyl sites for hydroxylation is 1. The van der Waals surface area contributed by atoms with Crippen LogP contribution in [-0.2, 0) is 11.4 Å². The number of benzene rings is 3. The van der Waals surface area contributed by atoms with E-state index >= 15 is 0 Å². The Morgan fingerprint density at radius 2 is 1.94 bits per heavy atom. The van der Waals surface area contributed by atoms with Crippen molar-refractivity contribution < 1.29 is 14.3 Å². The van der Waals surface area contributed by atoms with Crippen molar-refractivity contribution in [1.29, 1.82) is 5.26 Å². The number of rotatable bonds is 7. The quantitative estimate of drug-likeness (QED) is 0.181. The molecule has 0 spiro atoms. The van der Waals surface area contributed by atoms with Crippen LogP contribution < -0.4 is 14.8 Å². The van der Waals surface area contributed by atoms with Crippen molar-refractivity contribution in [2.45, 2.75) is 13.5 Å². The van der Waals surface area contributed by atoms with E-state index in [0.29, 0.717) is 34.4 Å². The number of nitrogens with zero attached hydrogens (tertiary/aromatic N) is 1. The molecule has 1 N–H and O–H groups in total. The fourth-order valence-electron chi connectivity index (χ4n) is 2.99. The minimum Gasteiger partial charge on any atom is -0.493 e. The van der Waals surface area contributed by atoms with Gasteiger partial charge in [0.05, 0.1) is 26.4 Å². The fourth-order valence-corrected chi connectivity index (χ4v) is 4.12. The molecule has 0 saturated carbocycles. The molecule has 33 heavy (non-hydrogen) atoms. The molecular weight excluding hydrogens is 574 g/mol. The number of nitrogens with one attached hydrogen (secondary N) is 1. The van der Waals surface area contributed by atoms with Gasteiger partial charge in [-0.15, -0.1) is 0 Å². The highest BCUT2D eigenvalue weighted by Gasteiger charge is 2.16. The molecule has 3 aromatic rings. The second kappa shape index (κ2) is 11.4. The van der Waals surface area contributed by atoms with Gasteiger partial charge in [-0.05, 0) is 76.5 Å². The monoisotopic (exact) mass is 592 g/mol. The lowest BCUT2D eigenvalue weighted by Crippen LogP contribution is -2.13. The third kappa shape index (κ3) is 6.20. The van der Waals surface area contributed by atoms with Crippen molar-refractivity contribution in [2.75, 3.05) is 12.4 Å². The van der Waals surface area contributed by atoms with Gasteiger partial charge in [-0.25, -0.2) is 0 Å². The summed E-state index contributed by atoms with van der Waals surface area (Å²) in [6.45, 7) is 2.42. The smallest absolute Gasteiger partial charge is 0.266 e. The SMILES string of the molecule is COc1cc(/C=C(\C#N)C(=O)Nc2cccc(Cl)c2Cl)cc(I)c1OCc1ccccc1C. The average Bonchev–Trinajstić information content (AvgIpc) is 2.80. The lowest BCUT2D eigenvalue weighted by atomic mass is 10.1. The number of ether oxygens (including phenoxy) is 2. The molecule has 0 saturated heterocycles. The molecule has 0 aliphatic heterocycles. The van der Waals surface area contributed by atoms with Gasteiger partial charge in [0.15, 0.2) is 11.5 Å². The molecule has 0 radical (unpaired) electrons. The van der Waals surface area contributed by atoms with Crippen LogP contribution in [0.15, 0.2) is 60.2 Å². The lowest BCUT2D eigenvalue weighted by molar-refractivity contribution is -0.112. The highest BCUT2D eigenvalue weighted by atomic mass is 127. The van der Waals surface area contributed by atoms with E-state index in [1.54, 1.807) is 31.4 Å². The molecule has 0 aliphatic carbocycles. The number of nitriles is 1. The van der Waals surface area contributed by atoms with Crippen molar-refractivity contribution in [2.24, 2.45) is 0 Å². The molecule has 3 rings (SSSR count). The summed E-state index contributed by atoms with van der Waals surface area (Å²) in [7, 11) is 1.54. The van der Waals surface area contributed by atoms with E-state index in [4.69, 9.17) is 32.7 Å². The molecule has 0 atom stereocenters. The molecule has 0 unspecified atom stereocenters. The van der Waals surface area contributed by atoms with Gasteiger partial charge in [0, 0.05) is 0 Å². The van der Waals surface area contributed by atoms with Crippen LogP contribution in [0.3, 0.4) is 0 Å². The Bertz CT molecular complexity index is 1270. The van der Waals surface area contributed by atoms with Crippen LogP contribution in [0.25, 0.3) is 6.08 Å². The second-order valence-electron chi connectivity index (χ2n) is 6.97. The zero-order valence-corrected chi connectivity index (χ0v) is 21.5. The van der Waals surface area contributed by atoms with E-state index < -0.39 is 5.91 Å². The number of amides is 1. The summed E-state index contributed by atoms with van der Waals surface area (Å²) in [5.74, 6) is 0.486. The Labute approximate surface area is 216 Å². The normalized spacial score (nSPS) is 11.0. The van der Waals surface area contributed by atoms with E-state index in [-0.39, 0.29) is 10.6 Å². The minimum absolute atomic E-state index is 0.0996. The van der Waals surface area contributed by atoms with E-state index in [2.05, 4.69) is 27.9 Å². The second-order valence-corrected chi connectivity index (χ2v) is 8.92. The van der Waals surface area contributed by atoms with Crippen molar-refractivity contribution in [3.63, 3.8) is 0 Å². The maximum Gasteiger partial charge on any atom is 0.266 e. The van der Waals surface area contributed by atoms with Gasteiger partial charge < -0.3 is 14.8 Å². The van der Waals surface area contributed by atoms with Crippen molar-refractivity contribution in [1.82, 2.24) is 0 Å². The largest absolute Gasteiger partial charge is 0.493 e. The number of hydrogen-bond donors (Lipinski definition) is 1. The molecular formula is C25H19Cl2IN2O3. The summed E-state index contributed by atoms with van der Waals surface area (Å²) < 4.78 is 12.3. The standard InChI is InChI=1S/C25H19Cl2IN2O3/c1-15-6-3-4-7-17(15)14-33-24-20(28)11-16(12-22(24)32-2)10-18(13-29)25(31)30-21-9-5-8-19(26)23(21)27/h3-12H,14H2,1-2H3,(H,30,31)/b18-10+. The van der Waals surface area contributed by atoms with Gasteiger partial charge in [0.25, 0.3) is 5.91 Å². The maximum atomic E-state index is 12.6. The van der Waals surface area contributed by atoms with Gasteiger partial charge in [-0.1, -0.05) is 53.5 Å². The number of hydrogen-bond acceptors (Lipinski definition) is 4.